The molecule has 1 aromatic heterocycles. The molecule has 80 valence electrons. The molecule has 0 aromatic carbocycles. The molecule has 0 amide bonds. The number of aromatic nitrogens is 2. The molecule has 0 saturated carbocycles. The third-order valence-electron chi connectivity index (χ3n) is 2.64. The van der Waals surface area contributed by atoms with Crippen LogP contribution in [0, 0.1) is 13.8 Å². The summed E-state index contributed by atoms with van der Waals surface area (Å²) >= 11 is 0. The van der Waals surface area contributed by atoms with Crippen molar-refractivity contribution >= 4 is 0 Å². The molecule has 0 aliphatic carbocycles. The zero-order chi connectivity index (χ0) is 10.7. The van der Waals surface area contributed by atoms with E-state index in [4.69, 9.17) is 5.73 Å². The van der Waals surface area contributed by atoms with Gasteiger partial charge in [0, 0.05) is 37.4 Å². The van der Waals surface area contributed by atoms with Crippen molar-refractivity contribution in [1.82, 2.24) is 15.1 Å². The second-order valence-corrected chi connectivity index (χ2v) is 3.79. The zero-order valence-electron chi connectivity index (χ0n) is 9.46. The van der Waals surface area contributed by atoms with E-state index < -0.39 is 0 Å². The van der Waals surface area contributed by atoms with Crippen LogP contribution in [0.4, 0.5) is 0 Å². The first-order chi connectivity index (χ1) is 6.56. The van der Waals surface area contributed by atoms with Gasteiger partial charge in [-0.1, -0.05) is 0 Å². The van der Waals surface area contributed by atoms with Crippen molar-refractivity contribution in [2.45, 2.75) is 33.4 Å². The molecule has 4 heteroatoms. The van der Waals surface area contributed by atoms with Gasteiger partial charge in [-0.2, -0.15) is 5.10 Å². The number of nitrogens with one attached hydrogen (secondary N) is 1. The Labute approximate surface area is 85.5 Å². The first-order valence-corrected chi connectivity index (χ1v) is 4.98. The highest BCUT2D eigenvalue weighted by atomic mass is 15.3. The van der Waals surface area contributed by atoms with E-state index in [-0.39, 0.29) is 0 Å². The average molecular weight is 196 g/mol. The molecule has 4 nitrogen and oxygen atoms in total. The van der Waals surface area contributed by atoms with Crippen LogP contribution in [0.15, 0.2) is 0 Å². The Morgan fingerprint density at radius 3 is 2.57 bits per heavy atom. The van der Waals surface area contributed by atoms with E-state index in [9.17, 15) is 0 Å². The fourth-order valence-corrected chi connectivity index (χ4v) is 1.43. The molecule has 1 rings (SSSR count). The third-order valence-corrected chi connectivity index (χ3v) is 2.64. The van der Waals surface area contributed by atoms with Crippen molar-refractivity contribution in [2.75, 3.05) is 6.54 Å². The Bertz CT molecular complexity index is 303. The molecule has 0 aliphatic heterocycles. The number of nitrogens with zero attached hydrogens (tertiary/aromatic N) is 2. The van der Waals surface area contributed by atoms with Crippen molar-refractivity contribution in [2.24, 2.45) is 12.8 Å². The minimum atomic E-state index is 0.356. The molecular formula is C10H20N4. The van der Waals surface area contributed by atoms with Crippen LogP contribution in [-0.2, 0) is 13.6 Å². The van der Waals surface area contributed by atoms with E-state index in [1.165, 1.54) is 11.3 Å². The third kappa shape index (κ3) is 2.33. The van der Waals surface area contributed by atoms with Gasteiger partial charge in [0.25, 0.3) is 0 Å². The smallest absolute Gasteiger partial charge is 0.0641 e. The normalized spacial score (nSPS) is 13.2. The van der Waals surface area contributed by atoms with Crippen LogP contribution in [0.25, 0.3) is 0 Å². The molecule has 1 atom stereocenters. The highest BCUT2D eigenvalue weighted by Crippen LogP contribution is 2.11. The van der Waals surface area contributed by atoms with Gasteiger partial charge >= 0.3 is 0 Å². The van der Waals surface area contributed by atoms with E-state index in [1.807, 2.05) is 18.7 Å². The number of hydrogen-bond acceptors (Lipinski definition) is 3. The first-order valence-electron chi connectivity index (χ1n) is 4.98. The van der Waals surface area contributed by atoms with Crippen LogP contribution >= 0.6 is 0 Å². The molecule has 0 saturated heterocycles. The van der Waals surface area contributed by atoms with Crippen LogP contribution in [0.2, 0.25) is 0 Å². The van der Waals surface area contributed by atoms with E-state index in [0.717, 1.165) is 12.2 Å². The monoisotopic (exact) mass is 196 g/mol. The SMILES string of the molecule is Cc1nn(C)c(C)c1CN[C@@H](C)CN. The van der Waals surface area contributed by atoms with Gasteiger partial charge in [-0.15, -0.1) is 0 Å². The topological polar surface area (TPSA) is 55.9 Å². The molecular weight excluding hydrogens is 176 g/mol. The van der Waals surface area contributed by atoms with Crippen molar-refractivity contribution in [3.05, 3.63) is 17.0 Å². The van der Waals surface area contributed by atoms with Gasteiger partial charge in [0.1, 0.15) is 0 Å². The summed E-state index contributed by atoms with van der Waals surface area (Å²) in [5, 5.41) is 7.73. The van der Waals surface area contributed by atoms with Crippen molar-refractivity contribution < 1.29 is 0 Å². The average Bonchev–Trinajstić information content (AvgIpc) is 2.39. The molecule has 0 aliphatic rings. The summed E-state index contributed by atoms with van der Waals surface area (Å²) in [6, 6.07) is 0.356. The van der Waals surface area contributed by atoms with Crippen molar-refractivity contribution in [3.63, 3.8) is 0 Å². The Morgan fingerprint density at radius 1 is 1.50 bits per heavy atom. The maximum Gasteiger partial charge on any atom is 0.0641 e. The minimum absolute atomic E-state index is 0.356. The highest BCUT2D eigenvalue weighted by molar-refractivity contribution is 5.24. The Balaban J connectivity index is 2.67. The summed E-state index contributed by atoms with van der Waals surface area (Å²) in [4.78, 5) is 0. The molecule has 0 bridgehead atoms. The van der Waals surface area contributed by atoms with Crippen LogP contribution in [0.3, 0.4) is 0 Å². The molecule has 1 heterocycles. The lowest BCUT2D eigenvalue weighted by atomic mass is 10.2. The van der Waals surface area contributed by atoms with E-state index in [1.54, 1.807) is 0 Å². The molecule has 3 N–H and O–H groups in total. The summed E-state index contributed by atoms with van der Waals surface area (Å²) in [7, 11) is 1.97. The molecule has 1 aromatic rings. The van der Waals surface area contributed by atoms with Crippen LogP contribution < -0.4 is 11.1 Å². The molecule has 0 spiro atoms. The summed E-state index contributed by atoms with van der Waals surface area (Å²) in [6.07, 6.45) is 0. The van der Waals surface area contributed by atoms with Gasteiger partial charge in [0.2, 0.25) is 0 Å². The second-order valence-electron chi connectivity index (χ2n) is 3.79. The Hall–Kier alpha value is -0.870. The van der Waals surface area contributed by atoms with Gasteiger partial charge < -0.3 is 11.1 Å². The quantitative estimate of drug-likeness (QED) is 0.736. The lowest BCUT2D eigenvalue weighted by molar-refractivity contribution is 0.554. The summed E-state index contributed by atoms with van der Waals surface area (Å²) in [6.45, 7) is 7.73. The molecule has 0 fully saturated rings. The zero-order valence-corrected chi connectivity index (χ0v) is 9.46. The van der Waals surface area contributed by atoms with Crippen LogP contribution in [-0.4, -0.2) is 22.4 Å². The molecule has 14 heavy (non-hydrogen) atoms. The van der Waals surface area contributed by atoms with Crippen LogP contribution in [0.1, 0.15) is 23.9 Å². The van der Waals surface area contributed by atoms with Gasteiger partial charge in [-0.05, 0) is 20.8 Å². The number of hydrogen-bond donors (Lipinski definition) is 2. The fourth-order valence-electron chi connectivity index (χ4n) is 1.43. The lowest BCUT2D eigenvalue weighted by Crippen LogP contribution is -2.32. The van der Waals surface area contributed by atoms with Gasteiger partial charge in [-0.25, -0.2) is 0 Å². The summed E-state index contributed by atoms with van der Waals surface area (Å²) in [5.41, 5.74) is 9.14. The Kier molecular flexibility index (Phi) is 3.66. The minimum Gasteiger partial charge on any atom is -0.329 e. The first kappa shape index (κ1) is 11.2. The van der Waals surface area contributed by atoms with Crippen molar-refractivity contribution in [3.8, 4) is 0 Å². The number of nitrogens with two attached hydrogens (primary N) is 1. The Morgan fingerprint density at radius 2 is 2.14 bits per heavy atom. The molecule has 0 radical (unpaired) electrons. The standard InChI is InChI=1S/C10H20N4/c1-7(5-11)12-6-10-8(2)13-14(4)9(10)3/h7,12H,5-6,11H2,1-4H3/t7-/m0/s1. The van der Waals surface area contributed by atoms with Gasteiger partial charge in [-0.3, -0.25) is 4.68 Å². The van der Waals surface area contributed by atoms with Crippen LogP contribution in [0.5, 0.6) is 0 Å². The maximum atomic E-state index is 5.53. The number of rotatable bonds is 4. The predicted octanol–water partition coefficient (Wildman–Crippen LogP) is 0.474. The number of aryl methyl sites for hydroxylation is 2. The van der Waals surface area contributed by atoms with E-state index in [0.29, 0.717) is 12.6 Å². The van der Waals surface area contributed by atoms with Crippen molar-refractivity contribution in [1.29, 1.82) is 0 Å². The van der Waals surface area contributed by atoms with Gasteiger partial charge in [0.05, 0.1) is 5.69 Å². The maximum absolute atomic E-state index is 5.53. The molecule has 0 unspecified atom stereocenters. The predicted molar refractivity (Wildman–Crippen MR) is 58.0 cm³/mol. The van der Waals surface area contributed by atoms with E-state index in [2.05, 4.69) is 24.3 Å². The summed E-state index contributed by atoms with van der Waals surface area (Å²) in [5.74, 6) is 0. The fraction of sp³-hybridized carbons (Fsp3) is 0.700. The van der Waals surface area contributed by atoms with E-state index >= 15 is 0 Å². The highest BCUT2D eigenvalue weighted by Gasteiger charge is 2.09. The lowest BCUT2D eigenvalue weighted by Gasteiger charge is -2.11. The summed E-state index contributed by atoms with van der Waals surface area (Å²) < 4.78 is 1.92. The largest absolute Gasteiger partial charge is 0.329 e. The second kappa shape index (κ2) is 4.57. The van der Waals surface area contributed by atoms with Gasteiger partial charge in [0.15, 0.2) is 0 Å².